The molecule has 18 unspecified atom stereocenters. The summed E-state index contributed by atoms with van der Waals surface area (Å²) in [6, 6.07) is 8.77. The van der Waals surface area contributed by atoms with Crippen molar-refractivity contribution in [3.8, 4) is 0 Å². The first-order valence-electron chi connectivity index (χ1n) is 49.2. The van der Waals surface area contributed by atoms with Crippen LogP contribution in [0.3, 0.4) is 0 Å². The van der Waals surface area contributed by atoms with Gasteiger partial charge in [-0.15, -0.1) is 0 Å². The third-order valence-corrected chi connectivity index (χ3v) is 103. The van der Waals surface area contributed by atoms with Gasteiger partial charge in [0.15, 0.2) is 36.9 Å². The molecule has 0 bridgehead atoms. The zero-order chi connectivity index (χ0) is 97.2. The molecule has 5 rings (SSSR count). The Morgan fingerprint density at radius 3 is 1.27 bits per heavy atom. The van der Waals surface area contributed by atoms with Crippen LogP contribution in [0.2, 0.25) is 158 Å². The molecule has 0 saturated carbocycles. The monoisotopic (exact) mass is 2350 g/mol. The standard InChI is InChI=1S/C32H90O14Si15.C14H58O17Si16.9C2H6.CH4.H2/c1-32-31-50(2)41-59(10,42-51(3)33-32)28-22-16-13-19-25-47-34-49-36-58(27-21-15-18-24-30-61(12)45-56(8)39-53(5)40-57(9)46-61)35-48-26-20-14-17-23-29-60(11)43-54(6)37-52(4)38-55(7)44-60;1-10-12(2)15-45(24-37-20-35-21-38-25-46-16-13(3)11-40(5)27-44(9)31-46)29-43(8)23-36-18-33-17-34-19-39-26-47-28-41(6)14(4)32-22-42(7)30-47;9*1-2;;/h32,50-58H,13-31,47-49H2,1-12H3;12-14,40-47H,10-11,32-39H2,1-9H3;9*1-2H3;1H4;1H/t;12?,13-,14+,40?,41?,42?,43?,44?,45?,46?,47?;;;;;;;;;;;/m.0.........../s1. The summed E-state index contributed by atoms with van der Waals surface area (Å²) in [5.41, 5.74) is 0. The van der Waals surface area contributed by atoms with E-state index in [1.807, 2.05) is 151 Å². The molecule has 0 radical (unpaired) electrons. The lowest BCUT2D eigenvalue weighted by Gasteiger charge is -2.37. The second-order valence-corrected chi connectivity index (χ2v) is 101. The van der Waals surface area contributed by atoms with Crippen LogP contribution < -0.4 is 0 Å². The van der Waals surface area contributed by atoms with Gasteiger partial charge in [-0.05, 0) is 185 Å². The molecular formula is C65H208O31Si31. The number of hydrogen-bond donors (Lipinski definition) is 0. The van der Waals surface area contributed by atoms with E-state index in [1.54, 1.807) is 0 Å². The molecule has 5 heterocycles. The van der Waals surface area contributed by atoms with Gasteiger partial charge in [-0.3, -0.25) is 0 Å². The van der Waals surface area contributed by atoms with E-state index in [4.69, 9.17) is 129 Å². The Bertz CT molecular complexity index is 2200. The molecule has 0 spiro atoms. The van der Waals surface area contributed by atoms with Gasteiger partial charge in [0.2, 0.25) is 0 Å². The maximum atomic E-state index is 6.67. The fourth-order valence-electron chi connectivity index (χ4n) is 12.6. The van der Waals surface area contributed by atoms with E-state index >= 15 is 0 Å². The SMILES string of the molecule is C.CC.CC.CC.CC.CC.CC.CC.CC.CC.CC1C[SiH](C)O[Si](C)(CCCCCC[SiH2]O[SiH2]O[SiH](CCCCCC[Si]2(C)O[SiH](C)O[SiH](C)O[SiH](C)O2)O[SiH2]CCCCCC[Si]2(C)O[SiH](C)O[SiH](C)O[SiH](C)O2)O[SiH](C)O1.CCC(C)O[SiH](O[SiH2]O[SiH2]O[SiH2]O[SiH]1O[C@@H](C)C[SiH](C)O[SiH](C)O1)O[SiH](C)O[SiH2]O[SiH2]O[SiH2]O[SiH2]O[SiH]1O[SiH](C)O[SiH2][C@@H](C)[SiH](C)O1.[HH]. The number of rotatable bonds is 50. The highest BCUT2D eigenvalue weighted by Crippen LogP contribution is 2.29. The predicted molar refractivity (Wildman–Crippen MR) is 613 cm³/mol. The van der Waals surface area contributed by atoms with Gasteiger partial charge >= 0.3 is 82.1 Å². The fourth-order valence-corrected chi connectivity index (χ4v) is 102. The average molecular weight is 2360 g/mol. The lowest BCUT2D eigenvalue weighted by atomic mass is 10.2. The van der Waals surface area contributed by atoms with E-state index < -0.39 is 293 Å². The van der Waals surface area contributed by atoms with Crippen LogP contribution in [0.1, 0.15) is 252 Å². The van der Waals surface area contributed by atoms with E-state index in [1.165, 1.54) is 76.3 Å². The first kappa shape index (κ1) is 145. The Kier molecular flexibility index (Phi) is 115. The summed E-state index contributed by atoms with van der Waals surface area (Å²) >= 11 is 0. The van der Waals surface area contributed by atoms with Crippen LogP contribution >= 0.6 is 0 Å². The fraction of sp³-hybridized carbons (Fsp3) is 1.00. The summed E-state index contributed by atoms with van der Waals surface area (Å²) in [7, 11) is -46.8. The van der Waals surface area contributed by atoms with Crippen LogP contribution in [-0.4, -0.2) is 311 Å². The van der Waals surface area contributed by atoms with Crippen molar-refractivity contribution in [2.75, 3.05) is 0 Å². The van der Waals surface area contributed by atoms with Crippen LogP contribution in [0.15, 0.2) is 0 Å². The molecule has 5 saturated heterocycles. The normalized spacial score (nSPS) is 30.6. The van der Waals surface area contributed by atoms with Gasteiger partial charge in [0.05, 0.1) is 0 Å². The Hall–Kier alpha value is 5.48. The first-order chi connectivity index (χ1) is 60.5. The van der Waals surface area contributed by atoms with E-state index in [2.05, 4.69) is 113 Å². The van der Waals surface area contributed by atoms with Crippen LogP contribution in [0.25, 0.3) is 0 Å². The van der Waals surface area contributed by atoms with Crippen molar-refractivity contribution >= 4 is 293 Å². The summed E-state index contributed by atoms with van der Waals surface area (Å²) in [5, 5.41) is 0.590. The predicted octanol–water partition coefficient (Wildman–Crippen LogP) is 6.51. The van der Waals surface area contributed by atoms with Crippen LogP contribution in [0.4, 0.5) is 0 Å². The molecule has 5 fully saturated rings. The summed E-state index contributed by atoms with van der Waals surface area (Å²) in [6.45, 7) is 80.8. The molecule has 0 aromatic rings. The molecule has 0 amide bonds. The zero-order valence-corrected chi connectivity index (χ0v) is 126. The van der Waals surface area contributed by atoms with Gasteiger partial charge in [0, 0.05) is 19.7 Å². The van der Waals surface area contributed by atoms with Gasteiger partial charge in [-0.1, -0.05) is 223 Å². The highest BCUT2D eigenvalue weighted by atomic mass is 28.5. The zero-order valence-electron chi connectivity index (χ0n) is 87.9. The van der Waals surface area contributed by atoms with Crippen molar-refractivity contribution in [3.63, 3.8) is 0 Å². The van der Waals surface area contributed by atoms with Crippen molar-refractivity contribution < 1.29 is 130 Å². The molecule has 778 valence electrons. The third kappa shape index (κ3) is 85.6. The molecule has 0 aromatic heterocycles. The van der Waals surface area contributed by atoms with Gasteiger partial charge in [0.25, 0.3) is 154 Å². The third-order valence-electron chi connectivity index (χ3n) is 18.0. The van der Waals surface area contributed by atoms with Gasteiger partial charge in [-0.25, -0.2) is 0 Å². The Morgan fingerprint density at radius 2 is 0.780 bits per heavy atom. The van der Waals surface area contributed by atoms with E-state index in [9.17, 15) is 0 Å². The van der Waals surface area contributed by atoms with Crippen molar-refractivity contribution in [3.05, 3.63) is 0 Å². The van der Waals surface area contributed by atoms with Crippen LogP contribution in [-0.2, 0) is 129 Å². The number of unbranched alkanes of at least 4 members (excludes halogenated alkanes) is 9. The Labute approximate surface area is 841 Å². The molecular weight excluding hydrogens is 2150 g/mol. The van der Waals surface area contributed by atoms with Gasteiger partial charge in [0.1, 0.15) is 19.5 Å². The molecule has 62 heteroatoms. The maximum absolute atomic E-state index is 6.67. The van der Waals surface area contributed by atoms with Crippen LogP contribution in [0.5, 0.6) is 0 Å². The van der Waals surface area contributed by atoms with E-state index in [0.29, 0.717) is 11.3 Å². The van der Waals surface area contributed by atoms with Crippen molar-refractivity contribution in [1.29, 1.82) is 0 Å². The summed E-state index contributed by atoms with van der Waals surface area (Å²) in [5.74, 6) is 0. The summed E-state index contributed by atoms with van der Waals surface area (Å²) in [4.78, 5) is 0. The molecule has 5 aliphatic heterocycles. The quantitative estimate of drug-likeness (QED) is 0.0463. The van der Waals surface area contributed by atoms with Gasteiger partial charge < -0.3 is 129 Å². The van der Waals surface area contributed by atoms with E-state index in [-0.39, 0.29) is 21.1 Å². The highest BCUT2D eigenvalue weighted by Gasteiger charge is 2.42. The Balaban J connectivity index is -0.000000321. The highest BCUT2D eigenvalue weighted by molar-refractivity contribution is 6.83. The average Bonchev–Trinajstić information content (AvgIpc) is 0.860. The molecule has 31 nitrogen and oxygen atoms in total. The van der Waals surface area contributed by atoms with Crippen molar-refractivity contribution in [2.24, 2.45) is 0 Å². The molecule has 5 aliphatic rings. The minimum absolute atomic E-state index is 0. The molecule has 0 aromatic carbocycles. The Morgan fingerprint density at radius 1 is 0.394 bits per heavy atom. The van der Waals surface area contributed by atoms with Crippen molar-refractivity contribution in [1.82, 2.24) is 0 Å². The molecule has 0 N–H and O–H groups in total. The molecule has 0 aliphatic carbocycles. The lowest BCUT2D eigenvalue weighted by Crippen LogP contribution is -2.52. The smallest absolute Gasteiger partial charge is 0.446 e. The second kappa shape index (κ2) is 100. The number of hydrogen-bond acceptors (Lipinski definition) is 31. The lowest BCUT2D eigenvalue weighted by molar-refractivity contribution is 0.130. The molecule has 127 heavy (non-hydrogen) atoms. The minimum Gasteiger partial charge on any atom is -0.446 e. The maximum Gasteiger partial charge on any atom is 0.466 e. The molecule has 20 atom stereocenters. The second-order valence-electron chi connectivity index (χ2n) is 29.2. The minimum atomic E-state index is -2.40. The van der Waals surface area contributed by atoms with Crippen LogP contribution in [0, 0.1) is 0 Å². The largest absolute Gasteiger partial charge is 0.466 e. The first-order valence-corrected chi connectivity index (χ1v) is 105. The van der Waals surface area contributed by atoms with E-state index in [0.717, 1.165) is 55.5 Å². The topological polar surface area (TPSA) is 286 Å². The summed E-state index contributed by atoms with van der Waals surface area (Å²) < 4.78 is 190. The van der Waals surface area contributed by atoms with Crippen molar-refractivity contribution in [2.45, 2.75) is 427 Å². The van der Waals surface area contributed by atoms with Gasteiger partial charge in [-0.2, -0.15) is 0 Å². The summed E-state index contributed by atoms with van der Waals surface area (Å²) in [6.07, 6.45) is 15.8.